The van der Waals surface area contributed by atoms with Gasteiger partial charge in [-0.05, 0) is 12.1 Å². The highest BCUT2D eigenvalue weighted by atomic mass is 16.5. The second kappa shape index (κ2) is 7.94. The highest BCUT2D eigenvalue weighted by Crippen LogP contribution is 2.33. The number of ether oxygens (including phenoxy) is 1. The predicted molar refractivity (Wildman–Crippen MR) is 116 cm³/mol. The number of hydrogen-bond donors (Lipinski definition) is 1. The smallest absolute Gasteiger partial charge is 0.365 e. The highest BCUT2D eigenvalue weighted by molar-refractivity contribution is 6.06. The fourth-order valence-corrected chi connectivity index (χ4v) is 3.81. The van der Waals surface area contributed by atoms with Crippen molar-refractivity contribution in [2.75, 3.05) is 26.2 Å². The number of guanidine groups is 1. The average Bonchev–Trinajstić information content (AvgIpc) is 3.45. The van der Waals surface area contributed by atoms with Crippen molar-refractivity contribution in [3.63, 3.8) is 0 Å². The lowest BCUT2D eigenvalue weighted by molar-refractivity contribution is -0.129. The van der Waals surface area contributed by atoms with E-state index < -0.39 is 5.97 Å². The molecule has 0 spiro atoms. The van der Waals surface area contributed by atoms with Gasteiger partial charge >= 0.3 is 5.97 Å². The Morgan fingerprint density at radius 2 is 1.87 bits per heavy atom. The van der Waals surface area contributed by atoms with Crippen LogP contribution in [0.3, 0.4) is 0 Å². The number of fused-ring (bicyclic) bond motifs is 1. The van der Waals surface area contributed by atoms with Crippen LogP contribution in [0.15, 0.2) is 75.2 Å². The molecule has 31 heavy (non-hydrogen) atoms. The number of benzene rings is 1. The zero-order valence-electron chi connectivity index (χ0n) is 16.6. The van der Waals surface area contributed by atoms with Crippen LogP contribution in [0.25, 0.3) is 16.5 Å². The number of hydrogen-bond acceptors (Lipinski definition) is 7. The van der Waals surface area contributed by atoms with E-state index in [1.54, 1.807) is 24.8 Å². The first kappa shape index (κ1) is 18.9. The van der Waals surface area contributed by atoms with Crippen molar-refractivity contribution in [2.24, 2.45) is 15.7 Å². The van der Waals surface area contributed by atoms with E-state index in [-0.39, 0.29) is 5.70 Å². The largest absolute Gasteiger partial charge is 0.471 e. The summed E-state index contributed by atoms with van der Waals surface area (Å²) in [4.78, 5) is 29.3. The summed E-state index contributed by atoms with van der Waals surface area (Å²) in [5, 5.41) is 1.87. The molecule has 0 unspecified atom stereocenters. The number of rotatable bonds is 3. The van der Waals surface area contributed by atoms with Crippen LogP contribution >= 0.6 is 0 Å². The van der Waals surface area contributed by atoms with Gasteiger partial charge < -0.3 is 24.7 Å². The second-order valence-electron chi connectivity index (χ2n) is 7.15. The van der Waals surface area contributed by atoms with Crippen LogP contribution in [0, 0.1) is 0 Å². The Balaban J connectivity index is 1.44. The molecule has 3 aromatic rings. The molecule has 4 heterocycles. The number of esters is 1. The molecule has 0 bridgehead atoms. The molecule has 0 amide bonds. The van der Waals surface area contributed by atoms with Gasteiger partial charge in [-0.25, -0.2) is 14.8 Å². The van der Waals surface area contributed by atoms with Crippen LogP contribution in [-0.2, 0) is 9.53 Å². The third-order valence-electron chi connectivity index (χ3n) is 5.33. The molecule has 0 atom stereocenters. The van der Waals surface area contributed by atoms with Crippen LogP contribution in [-0.4, -0.2) is 59.3 Å². The normalized spacial score (nSPS) is 18.6. The van der Waals surface area contributed by atoms with Gasteiger partial charge in [0.2, 0.25) is 0 Å². The number of nitrogens with two attached hydrogens (primary N) is 1. The number of piperazine rings is 1. The minimum Gasteiger partial charge on any atom is -0.471 e. The van der Waals surface area contributed by atoms with E-state index in [0.29, 0.717) is 38.0 Å². The predicted octanol–water partition coefficient (Wildman–Crippen LogP) is 2.35. The third-order valence-corrected chi connectivity index (χ3v) is 5.33. The van der Waals surface area contributed by atoms with Gasteiger partial charge in [0.1, 0.15) is 0 Å². The average molecular weight is 416 g/mol. The number of cyclic esters (lactones) is 1. The molecular weight excluding hydrogens is 396 g/mol. The lowest BCUT2D eigenvalue weighted by Gasteiger charge is -2.38. The summed E-state index contributed by atoms with van der Waals surface area (Å²) in [5.74, 6) is 0.525. The molecule has 2 aliphatic rings. The molecule has 9 heteroatoms. The molecule has 1 aromatic carbocycles. The molecule has 156 valence electrons. The summed E-state index contributed by atoms with van der Waals surface area (Å²) in [6, 6.07) is 11.4. The van der Waals surface area contributed by atoms with Crippen LogP contribution in [0.4, 0.5) is 5.82 Å². The lowest BCUT2D eigenvalue weighted by Crippen LogP contribution is -2.50. The van der Waals surface area contributed by atoms with Crippen molar-refractivity contribution < 1.29 is 13.9 Å². The number of pyridine rings is 1. The van der Waals surface area contributed by atoms with E-state index in [1.807, 2.05) is 35.2 Å². The molecule has 2 aromatic heterocycles. The quantitative estimate of drug-likeness (QED) is 0.302. The SMILES string of the molecule is NC(=Nc1ccccn1)N1CCN(C(=C2N=COC2=O)c2cccc3cocc23)CC1. The number of carbonyl (C=O) groups is 1. The highest BCUT2D eigenvalue weighted by Gasteiger charge is 2.29. The molecular formula is C22H20N6O3. The summed E-state index contributed by atoms with van der Waals surface area (Å²) in [5.41, 5.74) is 8.11. The first-order chi connectivity index (χ1) is 15.2. The van der Waals surface area contributed by atoms with Crippen LogP contribution in [0.2, 0.25) is 0 Å². The number of carbonyl (C=O) groups excluding carboxylic acids is 1. The second-order valence-corrected chi connectivity index (χ2v) is 7.15. The molecule has 0 radical (unpaired) electrons. The van der Waals surface area contributed by atoms with E-state index in [9.17, 15) is 4.79 Å². The number of aliphatic imine (C=N–C) groups is 2. The van der Waals surface area contributed by atoms with Crippen molar-refractivity contribution >= 4 is 40.6 Å². The summed E-state index contributed by atoms with van der Waals surface area (Å²) in [6.07, 6.45) is 6.23. The van der Waals surface area contributed by atoms with Crippen molar-refractivity contribution in [1.29, 1.82) is 0 Å². The van der Waals surface area contributed by atoms with Crippen molar-refractivity contribution in [2.45, 2.75) is 0 Å². The third kappa shape index (κ3) is 3.61. The molecule has 2 aliphatic heterocycles. The van der Waals surface area contributed by atoms with Gasteiger partial charge in [-0.3, -0.25) is 0 Å². The van der Waals surface area contributed by atoms with Gasteiger partial charge in [0.15, 0.2) is 23.9 Å². The van der Waals surface area contributed by atoms with Gasteiger partial charge in [-0.15, -0.1) is 0 Å². The number of aromatic nitrogens is 1. The van der Waals surface area contributed by atoms with E-state index in [1.165, 1.54) is 6.40 Å². The molecule has 9 nitrogen and oxygen atoms in total. The number of nitrogens with zero attached hydrogens (tertiary/aromatic N) is 5. The molecule has 0 aliphatic carbocycles. The number of furan rings is 1. The first-order valence-corrected chi connectivity index (χ1v) is 9.89. The van der Waals surface area contributed by atoms with Gasteiger partial charge in [0, 0.05) is 48.7 Å². The van der Waals surface area contributed by atoms with E-state index in [0.717, 1.165) is 22.0 Å². The summed E-state index contributed by atoms with van der Waals surface area (Å²) in [6.45, 7) is 2.54. The molecule has 1 fully saturated rings. The Morgan fingerprint density at radius 3 is 2.61 bits per heavy atom. The fourth-order valence-electron chi connectivity index (χ4n) is 3.81. The van der Waals surface area contributed by atoms with E-state index in [2.05, 4.69) is 19.9 Å². The lowest BCUT2D eigenvalue weighted by atomic mass is 10.0. The molecule has 5 rings (SSSR count). The van der Waals surface area contributed by atoms with Crippen molar-refractivity contribution in [3.05, 3.63) is 66.4 Å². The Kier molecular flexibility index (Phi) is 4.83. The monoisotopic (exact) mass is 416 g/mol. The van der Waals surface area contributed by atoms with Crippen LogP contribution in [0.5, 0.6) is 0 Å². The Labute approximate surface area is 178 Å². The Hall–Kier alpha value is -4.14. The summed E-state index contributed by atoms with van der Waals surface area (Å²) < 4.78 is 10.4. The van der Waals surface area contributed by atoms with Gasteiger partial charge in [-0.2, -0.15) is 4.99 Å². The maximum atomic E-state index is 12.4. The molecule has 2 N–H and O–H groups in total. The van der Waals surface area contributed by atoms with Crippen LogP contribution < -0.4 is 5.73 Å². The van der Waals surface area contributed by atoms with E-state index in [4.69, 9.17) is 14.9 Å². The maximum Gasteiger partial charge on any atom is 0.365 e. The van der Waals surface area contributed by atoms with Crippen molar-refractivity contribution in [1.82, 2.24) is 14.8 Å². The molecule has 1 saturated heterocycles. The first-order valence-electron chi connectivity index (χ1n) is 9.89. The summed E-state index contributed by atoms with van der Waals surface area (Å²) in [7, 11) is 0. The minimum atomic E-state index is -0.464. The Morgan fingerprint density at radius 1 is 1.03 bits per heavy atom. The Bertz CT molecular complexity index is 1210. The van der Waals surface area contributed by atoms with Crippen molar-refractivity contribution in [3.8, 4) is 0 Å². The van der Waals surface area contributed by atoms with Gasteiger partial charge in [0.25, 0.3) is 0 Å². The maximum absolute atomic E-state index is 12.4. The molecule has 0 saturated carbocycles. The van der Waals surface area contributed by atoms with Gasteiger partial charge in [-0.1, -0.05) is 24.3 Å². The standard InChI is InChI=1S/C22H20N6O3/c23-22(26-18-6-1-2-7-24-18)28-10-8-27(9-11-28)20(19-21(29)31-14-25-19)16-5-3-4-15-12-30-13-17(15)16/h1-7,12-14H,8-11H2,(H2,23,24,26). The zero-order chi connectivity index (χ0) is 21.2. The van der Waals surface area contributed by atoms with E-state index >= 15 is 0 Å². The summed E-state index contributed by atoms with van der Waals surface area (Å²) >= 11 is 0. The zero-order valence-corrected chi connectivity index (χ0v) is 16.6. The van der Waals surface area contributed by atoms with Crippen LogP contribution in [0.1, 0.15) is 5.56 Å². The van der Waals surface area contributed by atoms with Gasteiger partial charge in [0.05, 0.1) is 18.2 Å². The minimum absolute atomic E-state index is 0.289. The topological polar surface area (TPSA) is 110 Å². The fraction of sp³-hybridized carbons (Fsp3) is 0.182.